The number of ketones is 1. The number of carbonyl (C=O) groups excluding carboxylic acids is 2. The molecule has 3 aromatic rings. The molecule has 0 bridgehead atoms. The van der Waals surface area contributed by atoms with Crippen molar-refractivity contribution in [3.05, 3.63) is 81.1 Å². The fraction of sp³-hybridized carbons (Fsp3) is 0.105. The van der Waals surface area contributed by atoms with E-state index >= 15 is 0 Å². The summed E-state index contributed by atoms with van der Waals surface area (Å²) in [6.45, 7) is 3.67. The van der Waals surface area contributed by atoms with Crippen LogP contribution in [0, 0.1) is 19.7 Å². The van der Waals surface area contributed by atoms with Crippen molar-refractivity contribution in [1.29, 1.82) is 0 Å². The smallest absolute Gasteiger partial charge is 0.272 e. The average molecular weight is 416 g/mol. The summed E-state index contributed by atoms with van der Waals surface area (Å²) in [6.07, 6.45) is 1.39. The zero-order chi connectivity index (χ0) is 18.8. The first-order chi connectivity index (χ1) is 12.3. The van der Waals surface area contributed by atoms with E-state index in [2.05, 4.69) is 31.2 Å². The number of carbonyl (C=O) groups is 2. The summed E-state index contributed by atoms with van der Waals surface area (Å²) < 4.78 is 14.3. The molecule has 2 aromatic heterocycles. The predicted molar refractivity (Wildman–Crippen MR) is 100.0 cm³/mol. The van der Waals surface area contributed by atoms with Crippen LogP contribution in [0.4, 0.5) is 10.1 Å². The minimum Gasteiger partial charge on any atom is -0.356 e. The maximum absolute atomic E-state index is 14.0. The minimum atomic E-state index is -0.626. The first kappa shape index (κ1) is 18.0. The minimum absolute atomic E-state index is 0.0705. The third kappa shape index (κ3) is 3.72. The van der Waals surface area contributed by atoms with Crippen molar-refractivity contribution >= 4 is 33.3 Å². The average Bonchev–Trinajstić information content (AvgIpc) is 3.03. The van der Waals surface area contributed by atoms with Gasteiger partial charge >= 0.3 is 0 Å². The SMILES string of the molecule is Cc1cc(NC(=O)c2cc(C(=O)c3c(F)cccc3Br)c[nH]2)cc(C)n1. The zero-order valence-electron chi connectivity index (χ0n) is 14.1. The maximum Gasteiger partial charge on any atom is 0.272 e. The van der Waals surface area contributed by atoms with Crippen LogP contribution in [-0.4, -0.2) is 21.7 Å². The van der Waals surface area contributed by atoms with E-state index in [-0.39, 0.29) is 16.8 Å². The zero-order valence-corrected chi connectivity index (χ0v) is 15.6. The van der Waals surface area contributed by atoms with E-state index in [0.29, 0.717) is 10.2 Å². The van der Waals surface area contributed by atoms with Crippen LogP contribution in [0.15, 0.2) is 47.1 Å². The number of benzene rings is 1. The Morgan fingerprint density at radius 1 is 1.15 bits per heavy atom. The molecular formula is C19H15BrFN3O2. The molecule has 3 rings (SSSR count). The molecule has 7 heteroatoms. The number of aromatic amines is 1. The Hall–Kier alpha value is -2.80. The van der Waals surface area contributed by atoms with Crippen molar-refractivity contribution in [2.75, 3.05) is 5.32 Å². The number of amides is 1. The second-order valence-corrected chi connectivity index (χ2v) is 6.67. The largest absolute Gasteiger partial charge is 0.356 e. The predicted octanol–water partition coefficient (Wildman–Crippen LogP) is 4.41. The second-order valence-electron chi connectivity index (χ2n) is 5.82. The summed E-state index contributed by atoms with van der Waals surface area (Å²) in [5, 5.41) is 2.75. The molecule has 1 amide bonds. The van der Waals surface area contributed by atoms with Crippen LogP contribution in [-0.2, 0) is 0 Å². The van der Waals surface area contributed by atoms with E-state index in [9.17, 15) is 14.0 Å². The Bertz CT molecular complexity index is 973. The lowest BCUT2D eigenvalue weighted by molar-refractivity contribution is 0.102. The van der Waals surface area contributed by atoms with Gasteiger partial charge in [0.1, 0.15) is 11.5 Å². The molecule has 0 saturated carbocycles. The standard InChI is InChI=1S/C19H15BrFN3O2/c1-10-6-13(7-11(2)23-10)24-19(26)16-8-12(9-22-16)18(25)17-14(20)4-3-5-15(17)21/h3-9,22H,1-2H3,(H,23,24,26). The molecule has 0 aliphatic rings. The fourth-order valence-corrected chi connectivity index (χ4v) is 3.14. The number of rotatable bonds is 4. The van der Waals surface area contributed by atoms with E-state index in [1.54, 1.807) is 18.2 Å². The number of hydrogen-bond donors (Lipinski definition) is 2. The highest BCUT2D eigenvalue weighted by Crippen LogP contribution is 2.23. The number of aryl methyl sites for hydroxylation is 2. The lowest BCUT2D eigenvalue weighted by atomic mass is 10.1. The van der Waals surface area contributed by atoms with Crippen LogP contribution < -0.4 is 5.32 Å². The van der Waals surface area contributed by atoms with Gasteiger partial charge in [-0.1, -0.05) is 6.07 Å². The monoisotopic (exact) mass is 415 g/mol. The lowest BCUT2D eigenvalue weighted by Crippen LogP contribution is -2.13. The number of anilines is 1. The molecule has 0 spiro atoms. The Balaban J connectivity index is 1.83. The molecule has 2 N–H and O–H groups in total. The molecule has 1 aromatic carbocycles. The third-order valence-electron chi connectivity index (χ3n) is 3.72. The van der Waals surface area contributed by atoms with Gasteiger partial charge in [-0.15, -0.1) is 0 Å². The number of H-pyrrole nitrogens is 1. The van der Waals surface area contributed by atoms with E-state index in [1.165, 1.54) is 24.4 Å². The summed E-state index contributed by atoms with van der Waals surface area (Å²) in [5.41, 5.74) is 2.51. The van der Waals surface area contributed by atoms with Gasteiger partial charge in [-0.25, -0.2) is 4.39 Å². The Kier molecular flexibility index (Phi) is 4.99. The molecule has 26 heavy (non-hydrogen) atoms. The maximum atomic E-state index is 14.0. The molecule has 5 nitrogen and oxygen atoms in total. The quantitative estimate of drug-likeness (QED) is 0.619. The van der Waals surface area contributed by atoms with Gasteiger partial charge in [-0.05, 0) is 60.1 Å². The normalized spacial score (nSPS) is 10.6. The summed E-state index contributed by atoms with van der Waals surface area (Å²) in [6, 6.07) is 9.20. The van der Waals surface area contributed by atoms with Gasteiger partial charge in [-0.3, -0.25) is 14.6 Å². The van der Waals surface area contributed by atoms with Crippen molar-refractivity contribution in [3.63, 3.8) is 0 Å². The molecule has 0 radical (unpaired) electrons. The summed E-state index contributed by atoms with van der Waals surface area (Å²) in [4.78, 5) is 31.9. The number of hydrogen-bond acceptors (Lipinski definition) is 3. The molecule has 0 unspecified atom stereocenters. The molecule has 0 aliphatic heterocycles. The Morgan fingerprint density at radius 2 is 1.85 bits per heavy atom. The van der Waals surface area contributed by atoms with Crippen LogP contribution in [0.1, 0.15) is 37.8 Å². The number of pyridine rings is 1. The van der Waals surface area contributed by atoms with Gasteiger partial charge in [-0.2, -0.15) is 0 Å². The van der Waals surface area contributed by atoms with E-state index < -0.39 is 17.5 Å². The van der Waals surface area contributed by atoms with E-state index in [0.717, 1.165) is 11.4 Å². The number of halogens is 2. The van der Waals surface area contributed by atoms with Crippen LogP contribution in [0.25, 0.3) is 0 Å². The number of aromatic nitrogens is 2. The highest BCUT2D eigenvalue weighted by Gasteiger charge is 2.20. The van der Waals surface area contributed by atoms with Gasteiger partial charge in [0, 0.05) is 33.3 Å². The van der Waals surface area contributed by atoms with E-state index in [1.807, 2.05) is 13.8 Å². The molecule has 0 saturated heterocycles. The molecule has 132 valence electrons. The molecule has 0 atom stereocenters. The van der Waals surface area contributed by atoms with Crippen molar-refractivity contribution in [2.24, 2.45) is 0 Å². The van der Waals surface area contributed by atoms with Crippen LogP contribution in [0.2, 0.25) is 0 Å². The number of nitrogens with zero attached hydrogens (tertiary/aromatic N) is 1. The van der Waals surface area contributed by atoms with Gasteiger partial charge in [0.2, 0.25) is 0 Å². The highest BCUT2D eigenvalue weighted by atomic mass is 79.9. The number of nitrogens with one attached hydrogen (secondary N) is 2. The molecule has 0 fully saturated rings. The van der Waals surface area contributed by atoms with Gasteiger partial charge < -0.3 is 10.3 Å². The summed E-state index contributed by atoms with van der Waals surface area (Å²) >= 11 is 3.18. The summed E-state index contributed by atoms with van der Waals surface area (Å²) in [5.74, 6) is -1.54. The van der Waals surface area contributed by atoms with Gasteiger partial charge in [0.05, 0.1) is 5.56 Å². The fourth-order valence-electron chi connectivity index (χ4n) is 2.62. The van der Waals surface area contributed by atoms with E-state index in [4.69, 9.17) is 0 Å². The van der Waals surface area contributed by atoms with Crippen molar-refractivity contribution in [2.45, 2.75) is 13.8 Å². The van der Waals surface area contributed by atoms with Crippen molar-refractivity contribution in [1.82, 2.24) is 9.97 Å². The van der Waals surface area contributed by atoms with Gasteiger partial charge in [0.15, 0.2) is 5.78 Å². The highest BCUT2D eigenvalue weighted by molar-refractivity contribution is 9.10. The topological polar surface area (TPSA) is 74.8 Å². The third-order valence-corrected chi connectivity index (χ3v) is 4.38. The first-order valence-electron chi connectivity index (χ1n) is 7.79. The Labute approximate surface area is 157 Å². The van der Waals surface area contributed by atoms with Crippen molar-refractivity contribution < 1.29 is 14.0 Å². The Morgan fingerprint density at radius 3 is 2.50 bits per heavy atom. The summed E-state index contributed by atoms with van der Waals surface area (Å²) in [7, 11) is 0. The van der Waals surface area contributed by atoms with Crippen molar-refractivity contribution in [3.8, 4) is 0 Å². The second kappa shape index (κ2) is 7.21. The van der Waals surface area contributed by atoms with Crippen LogP contribution in [0.3, 0.4) is 0 Å². The van der Waals surface area contributed by atoms with Crippen LogP contribution in [0.5, 0.6) is 0 Å². The molecular weight excluding hydrogens is 401 g/mol. The van der Waals surface area contributed by atoms with Gasteiger partial charge in [0.25, 0.3) is 5.91 Å². The lowest BCUT2D eigenvalue weighted by Gasteiger charge is -2.06. The first-order valence-corrected chi connectivity index (χ1v) is 8.58. The van der Waals surface area contributed by atoms with Crippen LogP contribution >= 0.6 is 15.9 Å². The molecule has 2 heterocycles. The molecule has 0 aliphatic carbocycles.